The molecule has 0 radical (unpaired) electrons. The summed E-state index contributed by atoms with van der Waals surface area (Å²) in [5.41, 5.74) is 0. The summed E-state index contributed by atoms with van der Waals surface area (Å²) in [6.07, 6.45) is 3.43. The Kier molecular flexibility index (Phi) is 5.03. The van der Waals surface area contributed by atoms with Gasteiger partial charge in [-0.15, -0.1) is 0 Å². The van der Waals surface area contributed by atoms with E-state index in [2.05, 4.69) is 5.32 Å². The van der Waals surface area contributed by atoms with Gasteiger partial charge in [0.05, 0.1) is 22.9 Å². The van der Waals surface area contributed by atoms with Gasteiger partial charge in [-0.05, 0) is 43.9 Å². The standard InChI is InChI=1S/C16H21ClN2O4S/c1-23-15-7-6-13(9-14(15)17)24(21,22)19-8-2-3-11(10-19)16(20)18-12-4-5-12/h6-7,9,11-12H,2-5,8,10H2,1H3,(H,18,20)/t11-/m1/s1. The highest BCUT2D eigenvalue weighted by molar-refractivity contribution is 7.89. The molecule has 1 N–H and O–H groups in total. The van der Waals surface area contributed by atoms with Crippen LogP contribution >= 0.6 is 11.6 Å². The third-order valence-electron chi connectivity index (χ3n) is 4.44. The number of hydrogen-bond acceptors (Lipinski definition) is 4. The van der Waals surface area contributed by atoms with Gasteiger partial charge in [0.25, 0.3) is 0 Å². The lowest BCUT2D eigenvalue weighted by molar-refractivity contribution is -0.126. The van der Waals surface area contributed by atoms with Gasteiger partial charge in [-0.3, -0.25) is 4.79 Å². The van der Waals surface area contributed by atoms with Crippen LogP contribution < -0.4 is 10.1 Å². The van der Waals surface area contributed by atoms with Crippen molar-refractivity contribution in [3.8, 4) is 5.75 Å². The molecule has 132 valence electrons. The fourth-order valence-electron chi connectivity index (χ4n) is 2.88. The van der Waals surface area contributed by atoms with Crippen LogP contribution in [0.25, 0.3) is 0 Å². The summed E-state index contributed by atoms with van der Waals surface area (Å²) in [4.78, 5) is 12.3. The molecule has 0 bridgehead atoms. The van der Waals surface area contributed by atoms with Crippen molar-refractivity contribution in [2.45, 2.75) is 36.6 Å². The van der Waals surface area contributed by atoms with Crippen molar-refractivity contribution in [1.29, 1.82) is 0 Å². The molecule has 0 spiro atoms. The molecule has 1 saturated carbocycles. The highest BCUT2D eigenvalue weighted by Crippen LogP contribution is 2.30. The topological polar surface area (TPSA) is 75.7 Å². The van der Waals surface area contributed by atoms with Crippen molar-refractivity contribution >= 4 is 27.5 Å². The summed E-state index contributed by atoms with van der Waals surface area (Å²) < 4.78 is 32.1. The lowest BCUT2D eigenvalue weighted by Crippen LogP contribution is -2.45. The maximum absolute atomic E-state index is 12.8. The molecule has 1 atom stereocenters. The Morgan fingerprint density at radius 2 is 2.08 bits per heavy atom. The van der Waals surface area contributed by atoms with Gasteiger partial charge in [-0.2, -0.15) is 4.31 Å². The van der Waals surface area contributed by atoms with Crippen molar-refractivity contribution in [3.63, 3.8) is 0 Å². The van der Waals surface area contributed by atoms with E-state index in [-0.39, 0.29) is 34.3 Å². The Bertz CT molecular complexity index is 734. The van der Waals surface area contributed by atoms with Crippen molar-refractivity contribution < 1.29 is 17.9 Å². The second kappa shape index (κ2) is 6.90. The maximum atomic E-state index is 12.8. The zero-order valence-electron chi connectivity index (χ0n) is 13.5. The number of methoxy groups -OCH3 is 1. The lowest BCUT2D eigenvalue weighted by Gasteiger charge is -2.31. The van der Waals surface area contributed by atoms with Crippen LogP contribution in [0.5, 0.6) is 5.75 Å². The first-order chi connectivity index (χ1) is 11.4. The fourth-order valence-corrected chi connectivity index (χ4v) is 4.75. The minimum Gasteiger partial charge on any atom is -0.495 e. The van der Waals surface area contributed by atoms with Gasteiger partial charge in [-0.1, -0.05) is 11.6 Å². The molecule has 3 rings (SSSR count). The number of nitrogens with one attached hydrogen (secondary N) is 1. The van der Waals surface area contributed by atoms with E-state index in [9.17, 15) is 13.2 Å². The van der Waals surface area contributed by atoms with Crippen molar-refractivity contribution in [1.82, 2.24) is 9.62 Å². The largest absolute Gasteiger partial charge is 0.495 e. The van der Waals surface area contributed by atoms with Crippen LogP contribution in [-0.4, -0.2) is 44.9 Å². The van der Waals surface area contributed by atoms with E-state index < -0.39 is 10.0 Å². The summed E-state index contributed by atoms with van der Waals surface area (Å²) in [5, 5.41) is 3.21. The Hall–Kier alpha value is -1.31. The molecule has 0 aromatic heterocycles. The number of ether oxygens (including phenoxy) is 1. The van der Waals surface area contributed by atoms with Gasteiger partial charge in [0.2, 0.25) is 15.9 Å². The van der Waals surface area contributed by atoms with Crippen molar-refractivity contribution in [2.75, 3.05) is 20.2 Å². The zero-order chi connectivity index (χ0) is 17.3. The molecular formula is C16H21ClN2O4S. The number of amides is 1. The summed E-state index contributed by atoms with van der Waals surface area (Å²) in [7, 11) is -2.20. The minimum atomic E-state index is -3.68. The van der Waals surface area contributed by atoms with Crippen LogP contribution in [0.15, 0.2) is 23.1 Å². The van der Waals surface area contributed by atoms with Gasteiger partial charge < -0.3 is 10.1 Å². The molecular weight excluding hydrogens is 352 g/mol. The average molecular weight is 373 g/mol. The van der Waals surface area contributed by atoms with Gasteiger partial charge in [0, 0.05) is 19.1 Å². The Labute approximate surface area is 147 Å². The number of nitrogens with zero attached hydrogens (tertiary/aromatic N) is 1. The SMILES string of the molecule is COc1ccc(S(=O)(=O)N2CCC[C@@H](C(=O)NC3CC3)C2)cc1Cl. The first-order valence-electron chi connectivity index (χ1n) is 8.06. The molecule has 1 aliphatic heterocycles. The number of hydrogen-bond donors (Lipinski definition) is 1. The molecule has 1 saturated heterocycles. The Morgan fingerprint density at radius 1 is 1.33 bits per heavy atom. The van der Waals surface area contributed by atoms with Crippen LogP contribution in [0.3, 0.4) is 0 Å². The molecule has 2 fully saturated rings. The minimum absolute atomic E-state index is 0.0369. The summed E-state index contributed by atoms with van der Waals surface area (Å²) in [6, 6.07) is 4.69. The average Bonchev–Trinajstić information content (AvgIpc) is 3.38. The molecule has 1 aromatic rings. The highest BCUT2D eigenvalue weighted by Gasteiger charge is 2.35. The normalized spacial score (nSPS) is 22.2. The van der Waals surface area contributed by atoms with Gasteiger partial charge in [-0.25, -0.2) is 8.42 Å². The van der Waals surface area contributed by atoms with Gasteiger partial charge in [0.1, 0.15) is 5.75 Å². The van der Waals surface area contributed by atoms with Gasteiger partial charge in [0.15, 0.2) is 0 Å². The molecule has 1 heterocycles. The summed E-state index contributed by atoms with van der Waals surface area (Å²) in [5.74, 6) is 0.101. The second-order valence-electron chi connectivity index (χ2n) is 6.28. The summed E-state index contributed by atoms with van der Waals surface area (Å²) in [6.45, 7) is 0.629. The highest BCUT2D eigenvalue weighted by atomic mass is 35.5. The molecule has 1 amide bonds. The number of carbonyl (C=O) groups is 1. The van der Waals surface area contributed by atoms with E-state index in [1.54, 1.807) is 0 Å². The number of halogens is 1. The fraction of sp³-hybridized carbons (Fsp3) is 0.562. The van der Waals surface area contributed by atoms with E-state index in [0.29, 0.717) is 25.1 Å². The van der Waals surface area contributed by atoms with Crippen LogP contribution in [0.1, 0.15) is 25.7 Å². The number of benzene rings is 1. The van der Waals surface area contributed by atoms with Crippen LogP contribution in [0.4, 0.5) is 0 Å². The first-order valence-corrected chi connectivity index (χ1v) is 9.87. The zero-order valence-corrected chi connectivity index (χ0v) is 15.1. The molecule has 6 nitrogen and oxygen atoms in total. The quantitative estimate of drug-likeness (QED) is 0.858. The van der Waals surface area contributed by atoms with Crippen LogP contribution in [-0.2, 0) is 14.8 Å². The second-order valence-corrected chi connectivity index (χ2v) is 8.63. The predicted octanol–water partition coefficient (Wildman–Crippen LogP) is 2.03. The third kappa shape index (κ3) is 3.68. The molecule has 1 aliphatic carbocycles. The number of sulfonamides is 1. The lowest BCUT2D eigenvalue weighted by atomic mass is 9.99. The number of rotatable bonds is 5. The van der Waals surface area contributed by atoms with Gasteiger partial charge >= 0.3 is 0 Å². The number of piperidine rings is 1. The molecule has 24 heavy (non-hydrogen) atoms. The molecule has 1 aromatic carbocycles. The van der Waals surface area contributed by atoms with E-state index in [1.807, 2.05) is 0 Å². The molecule has 0 unspecified atom stereocenters. The smallest absolute Gasteiger partial charge is 0.243 e. The van der Waals surface area contributed by atoms with E-state index in [4.69, 9.17) is 16.3 Å². The van der Waals surface area contributed by atoms with Crippen LogP contribution in [0, 0.1) is 5.92 Å². The predicted molar refractivity (Wildman–Crippen MR) is 90.7 cm³/mol. The Morgan fingerprint density at radius 3 is 2.71 bits per heavy atom. The van der Waals surface area contributed by atoms with E-state index >= 15 is 0 Å². The maximum Gasteiger partial charge on any atom is 0.243 e. The Balaban J connectivity index is 1.75. The third-order valence-corrected chi connectivity index (χ3v) is 6.60. The van der Waals surface area contributed by atoms with Crippen LogP contribution in [0.2, 0.25) is 5.02 Å². The van der Waals surface area contributed by atoms with E-state index in [0.717, 1.165) is 12.8 Å². The monoisotopic (exact) mass is 372 g/mol. The van der Waals surface area contributed by atoms with Crippen molar-refractivity contribution in [2.24, 2.45) is 5.92 Å². The molecule has 8 heteroatoms. The number of carbonyl (C=O) groups excluding carboxylic acids is 1. The summed E-state index contributed by atoms with van der Waals surface area (Å²) >= 11 is 6.05. The first kappa shape index (κ1) is 17.5. The van der Waals surface area contributed by atoms with E-state index in [1.165, 1.54) is 29.6 Å². The molecule has 2 aliphatic rings. The van der Waals surface area contributed by atoms with Crippen molar-refractivity contribution in [3.05, 3.63) is 23.2 Å².